The van der Waals surface area contributed by atoms with Crippen LogP contribution in [0.25, 0.3) is 10.8 Å². The van der Waals surface area contributed by atoms with Gasteiger partial charge >= 0.3 is 12.4 Å². The highest BCUT2D eigenvalue weighted by Gasteiger charge is 2.47. The molecule has 1 aromatic heterocycles. The summed E-state index contributed by atoms with van der Waals surface area (Å²) >= 11 is 0. The molecule has 1 unspecified atom stereocenters. The van der Waals surface area contributed by atoms with Gasteiger partial charge in [0.2, 0.25) is 5.91 Å². The van der Waals surface area contributed by atoms with E-state index in [0.717, 1.165) is 23.8 Å². The van der Waals surface area contributed by atoms with Crippen LogP contribution in [0.4, 0.5) is 26.3 Å². The van der Waals surface area contributed by atoms with E-state index in [9.17, 15) is 35.9 Å². The van der Waals surface area contributed by atoms with Crippen LogP contribution in [-0.2, 0) is 37.3 Å². The van der Waals surface area contributed by atoms with Crippen molar-refractivity contribution in [2.75, 3.05) is 13.1 Å². The standard InChI is InChI=1S/C29H29F6N3O2/c1-37-9-7-23-20(3-2-4-24(23)25(37)39)16-38-10-8-27(17-38,14-18-5-6-18)26(40)36-15-19-11-21(28(30,31)32)13-22(12-19)29(33,34)35/h2-4,7,9,11-13,18H,5-6,8,10,14-17H2,1H3,(H,36,40). The van der Waals surface area contributed by atoms with Crippen LogP contribution in [0, 0.1) is 11.3 Å². The van der Waals surface area contributed by atoms with Crippen molar-refractivity contribution in [1.29, 1.82) is 0 Å². The molecule has 1 saturated heterocycles. The lowest BCUT2D eigenvalue weighted by atomic mass is 9.80. The van der Waals surface area contributed by atoms with Crippen LogP contribution in [0.3, 0.4) is 0 Å². The second-order valence-corrected chi connectivity index (χ2v) is 11.1. The molecule has 2 heterocycles. The highest BCUT2D eigenvalue weighted by molar-refractivity contribution is 5.85. The average molecular weight is 566 g/mol. The molecular formula is C29H29F6N3O2. The molecule has 0 bridgehead atoms. The molecule has 11 heteroatoms. The number of rotatable bonds is 7. The molecule has 1 amide bonds. The molecule has 1 saturated carbocycles. The Hall–Kier alpha value is -3.34. The molecule has 1 N–H and O–H groups in total. The van der Waals surface area contributed by atoms with Crippen LogP contribution < -0.4 is 10.9 Å². The molecule has 2 aliphatic rings. The summed E-state index contributed by atoms with van der Waals surface area (Å²) in [5.74, 6) is 0.0105. The van der Waals surface area contributed by atoms with Crippen molar-refractivity contribution < 1.29 is 31.1 Å². The lowest BCUT2D eigenvalue weighted by molar-refractivity contribution is -0.143. The van der Waals surface area contributed by atoms with Gasteiger partial charge in [0.1, 0.15) is 0 Å². The lowest BCUT2D eigenvalue weighted by Gasteiger charge is -2.29. The van der Waals surface area contributed by atoms with Gasteiger partial charge in [-0.05, 0) is 72.1 Å². The van der Waals surface area contributed by atoms with Gasteiger partial charge in [-0.2, -0.15) is 26.3 Å². The Morgan fingerprint density at radius 3 is 2.30 bits per heavy atom. The van der Waals surface area contributed by atoms with E-state index < -0.39 is 35.4 Å². The summed E-state index contributed by atoms with van der Waals surface area (Å²) in [5, 5.41) is 4.09. The van der Waals surface area contributed by atoms with E-state index >= 15 is 0 Å². The van der Waals surface area contributed by atoms with E-state index in [1.807, 2.05) is 18.2 Å². The van der Waals surface area contributed by atoms with Gasteiger partial charge < -0.3 is 9.88 Å². The third kappa shape index (κ3) is 5.89. The Labute approximate surface area is 226 Å². The van der Waals surface area contributed by atoms with Gasteiger partial charge in [0.05, 0.1) is 16.5 Å². The summed E-state index contributed by atoms with van der Waals surface area (Å²) in [4.78, 5) is 28.2. The quantitative estimate of drug-likeness (QED) is 0.364. The van der Waals surface area contributed by atoms with Crippen molar-refractivity contribution in [3.05, 3.63) is 81.3 Å². The Morgan fingerprint density at radius 2 is 1.68 bits per heavy atom. The Balaban J connectivity index is 1.34. The smallest absolute Gasteiger partial charge is 0.352 e. The highest BCUT2D eigenvalue weighted by atomic mass is 19.4. The van der Waals surface area contributed by atoms with Crippen molar-refractivity contribution in [3.63, 3.8) is 0 Å². The van der Waals surface area contributed by atoms with Gasteiger partial charge in [-0.15, -0.1) is 0 Å². The van der Waals surface area contributed by atoms with Crippen LogP contribution in [-0.4, -0.2) is 28.5 Å². The molecule has 0 spiro atoms. The maximum absolute atomic E-state index is 13.5. The summed E-state index contributed by atoms with van der Waals surface area (Å²) in [5.41, 5.74) is -3.03. The molecule has 1 aliphatic carbocycles. The largest absolute Gasteiger partial charge is 0.416 e. The number of carbonyl (C=O) groups excluding carboxylic acids is 1. The van der Waals surface area contributed by atoms with E-state index in [1.165, 1.54) is 4.57 Å². The fourth-order valence-electron chi connectivity index (χ4n) is 5.72. The minimum atomic E-state index is -4.95. The van der Waals surface area contributed by atoms with E-state index in [4.69, 9.17) is 0 Å². The number of benzene rings is 2. The second kappa shape index (κ2) is 10.2. The number of nitrogens with one attached hydrogen (secondary N) is 1. The first-order valence-electron chi connectivity index (χ1n) is 13.1. The molecule has 214 valence electrons. The zero-order valence-corrected chi connectivity index (χ0v) is 21.8. The van der Waals surface area contributed by atoms with Crippen molar-refractivity contribution in [2.24, 2.45) is 18.4 Å². The topological polar surface area (TPSA) is 54.3 Å². The van der Waals surface area contributed by atoms with Crippen LogP contribution in [0.1, 0.15) is 47.9 Å². The maximum Gasteiger partial charge on any atom is 0.416 e. The predicted molar refractivity (Wildman–Crippen MR) is 137 cm³/mol. The van der Waals surface area contributed by atoms with E-state index in [2.05, 4.69) is 10.2 Å². The van der Waals surface area contributed by atoms with Crippen LogP contribution in [0.2, 0.25) is 0 Å². The second-order valence-electron chi connectivity index (χ2n) is 11.1. The zero-order valence-electron chi connectivity index (χ0n) is 21.8. The Morgan fingerprint density at radius 1 is 1.00 bits per heavy atom. The molecule has 40 heavy (non-hydrogen) atoms. The van der Waals surface area contributed by atoms with Crippen LogP contribution in [0.5, 0.6) is 0 Å². The van der Waals surface area contributed by atoms with Crippen LogP contribution >= 0.6 is 0 Å². The molecular weight excluding hydrogens is 536 g/mol. The summed E-state index contributed by atoms with van der Waals surface area (Å²) < 4.78 is 81.2. The lowest BCUT2D eigenvalue weighted by Crippen LogP contribution is -2.43. The van der Waals surface area contributed by atoms with Crippen molar-refractivity contribution >= 4 is 16.7 Å². The molecule has 5 rings (SSSR count). The van der Waals surface area contributed by atoms with Gasteiger partial charge in [0, 0.05) is 38.3 Å². The molecule has 3 aromatic rings. The van der Waals surface area contributed by atoms with Crippen molar-refractivity contribution in [3.8, 4) is 0 Å². The molecule has 2 fully saturated rings. The third-order valence-corrected chi connectivity index (χ3v) is 8.00. The predicted octanol–water partition coefficient (Wildman–Crippen LogP) is 5.88. The number of hydrogen-bond donors (Lipinski definition) is 1. The first kappa shape index (κ1) is 28.2. The van der Waals surface area contributed by atoms with Gasteiger partial charge in [-0.3, -0.25) is 14.5 Å². The van der Waals surface area contributed by atoms with Crippen LogP contribution in [0.15, 0.2) is 53.5 Å². The molecule has 2 aromatic carbocycles. The monoisotopic (exact) mass is 565 g/mol. The number of alkyl halides is 6. The first-order chi connectivity index (χ1) is 18.7. The van der Waals surface area contributed by atoms with E-state index in [0.29, 0.717) is 55.9 Å². The number of likely N-dealkylation sites (tertiary alicyclic amines) is 1. The number of nitrogens with zero attached hydrogens (tertiary/aromatic N) is 2. The molecule has 5 nitrogen and oxygen atoms in total. The van der Waals surface area contributed by atoms with Crippen molar-refractivity contribution in [1.82, 2.24) is 14.8 Å². The summed E-state index contributed by atoms with van der Waals surface area (Å²) in [6.45, 7) is 1.08. The first-order valence-corrected chi connectivity index (χ1v) is 13.1. The fraction of sp³-hybridized carbons (Fsp3) is 0.448. The molecule has 1 aliphatic heterocycles. The number of halogens is 6. The number of aryl methyl sites for hydroxylation is 1. The number of aromatic nitrogens is 1. The van der Waals surface area contributed by atoms with Gasteiger partial charge in [-0.1, -0.05) is 25.0 Å². The summed E-state index contributed by atoms with van der Waals surface area (Å²) in [6.07, 6.45) is -5.08. The SMILES string of the molecule is Cn1ccc2c(CN3CCC(CC4CC4)(C(=O)NCc4cc(C(F)(F)F)cc(C(F)(F)F)c4)C3)cccc2c1=O. The fourth-order valence-corrected chi connectivity index (χ4v) is 5.72. The van der Waals surface area contributed by atoms with Crippen molar-refractivity contribution in [2.45, 2.75) is 51.1 Å². The average Bonchev–Trinajstić information content (AvgIpc) is 3.61. The number of pyridine rings is 1. The number of carbonyl (C=O) groups is 1. The number of amides is 1. The zero-order chi connectivity index (χ0) is 28.9. The summed E-state index contributed by atoms with van der Waals surface area (Å²) in [6, 6.07) is 8.80. The van der Waals surface area contributed by atoms with Gasteiger partial charge in [-0.25, -0.2) is 0 Å². The molecule has 0 radical (unpaired) electrons. The molecule has 1 atom stereocenters. The number of fused-ring (bicyclic) bond motifs is 1. The minimum absolute atomic E-state index is 0.0812. The highest BCUT2D eigenvalue weighted by Crippen LogP contribution is 2.46. The van der Waals surface area contributed by atoms with E-state index in [-0.39, 0.29) is 23.1 Å². The number of hydrogen-bond acceptors (Lipinski definition) is 3. The van der Waals surface area contributed by atoms with Gasteiger partial charge in [0.25, 0.3) is 5.56 Å². The Kier molecular flexibility index (Phi) is 7.22. The summed E-state index contributed by atoms with van der Waals surface area (Å²) in [7, 11) is 1.68. The van der Waals surface area contributed by atoms with Gasteiger partial charge in [0.15, 0.2) is 0 Å². The minimum Gasteiger partial charge on any atom is -0.352 e. The van der Waals surface area contributed by atoms with E-state index in [1.54, 1.807) is 19.3 Å². The Bertz CT molecular complexity index is 1460. The normalized spacial score (nSPS) is 20.3. The maximum atomic E-state index is 13.5. The third-order valence-electron chi connectivity index (χ3n) is 8.00.